The van der Waals surface area contributed by atoms with Crippen LogP contribution in [0.15, 0.2) is 56.7 Å². The molecule has 1 N–H and O–H groups in total. The van der Waals surface area contributed by atoms with E-state index in [4.69, 9.17) is 11.6 Å². The Morgan fingerprint density at radius 2 is 1.76 bits per heavy atom. The van der Waals surface area contributed by atoms with Crippen molar-refractivity contribution in [1.82, 2.24) is 9.13 Å². The van der Waals surface area contributed by atoms with E-state index in [1.54, 1.807) is 6.07 Å². The maximum Gasteiger partial charge on any atom is 0.330 e. The number of aryl methyl sites for hydroxylation is 1. The molecule has 1 amide bonds. The first-order valence-electron chi connectivity index (χ1n) is 8.90. The number of amides is 1. The first-order valence-corrected chi connectivity index (χ1v) is 10.1. The topological polar surface area (TPSA) is 73.1 Å². The molecule has 0 saturated carbocycles. The Labute approximate surface area is 180 Å². The highest BCUT2D eigenvalue weighted by Crippen LogP contribution is 2.37. The standard InChI is InChI=1S/C21H19BrClN3O3/c1-4-12-13(14-8-5-9-16(22)18(14)23)7-6-10-17(12)24-19(27)15-11-25(2)21(29)26(3)20(15)28/h5-11H,4H2,1-3H3,(H,24,27). The van der Waals surface area contributed by atoms with Crippen LogP contribution in [0.2, 0.25) is 5.02 Å². The third-order valence-corrected chi connectivity index (χ3v) is 6.01. The molecule has 0 unspecified atom stereocenters. The molecule has 2 aromatic carbocycles. The molecule has 0 radical (unpaired) electrons. The Balaban J connectivity index is 2.08. The van der Waals surface area contributed by atoms with Crippen molar-refractivity contribution in [1.29, 1.82) is 0 Å². The van der Waals surface area contributed by atoms with E-state index in [1.807, 2.05) is 37.3 Å². The van der Waals surface area contributed by atoms with Gasteiger partial charge in [-0.3, -0.25) is 14.2 Å². The zero-order valence-corrected chi connectivity index (χ0v) is 18.5. The minimum absolute atomic E-state index is 0.109. The number of anilines is 1. The average Bonchev–Trinajstić information content (AvgIpc) is 2.71. The zero-order valence-electron chi connectivity index (χ0n) is 16.1. The Bertz CT molecular complexity index is 1230. The third-order valence-electron chi connectivity index (χ3n) is 4.71. The second-order valence-electron chi connectivity index (χ2n) is 6.54. The summed E-state index contributed by atoms with van der Waals surface area (Å²) in [6.45, 7) is 1.98. The van der Waals surface area contributed by atoms with E-state index in [0.717, 1.165) is 25.7 Å². The van der Waals surface area contributed by atoms with Gasteiger partial charge in [-0.15, -0.1) is 0 Å². The van der Waals surface area contributed by atoms with Gasteiger partial charge in [0.05, 0.1) is 5.02 Å². The molecule has 0 fully saturated rings. The number of hydrogen-bond donors (Lipinski definition) is 1. The zero-order chi connectivity index (χ0) is 21.3. The first kappa shape index (κ1) is 21.1. The van der Waals surface area contributed by atoms with Crippen LogP contribution in [0.1, 0.15) is 22.8 Å². The molecule has 0 aliphatic carbocycles. The van der Waals surface area contributed by atoms with Crippen LogP contribution in [-0.4, -0.2) is 15.0 Å². The fourth-order valence-electron chi connectivity index (χ4n) is 3.20. The smallest absolute Gasteiger partial charge is 0.321 e. The lowest BCUT2D eigenvalue weighted by molar-refractivity contribution is 0.102. The fraction of sp³-hybridized carbons (Fsp3) is 0.190. The van der Waals surface area contributed by atoms with Crippen molar-refractivity contribution in [2.45, 2.75) is 13.3 Å². The van der Waals surface area contributed by atoms with Crippen molar-refractivity contribution in [3.8, 4) is 11.1 Å². The molecule has 0 aliphatic rings. The predicted octanol–water partition coefficient (Wildman–Crippen LogP) is 3.98. The molecule has 3 aromatic rings. The molecule has 150 valence electrons. The quantitative estimate of drug-likeness (QED) is 0.619. The summed E-state index contributed by atoms with van der Waals surface area (Å²) in [5, 5.41) is 3.40. The second-order valence-corrected chi connectivity index (χ2v) is 7.77. The number of nitrogens with one attached hydrogen (secondary N) is 1. The summed E-state index contributed by atoms with van der Waals surface area (Å²) in [5.74, 6) is -0.576. The van der Waals surface area contributed by atoms with E-state index >= 15 is 0 Å². The SMILES string of the molecule is CCc1c(NC(=O)c2cn(C)c(=O)n(C)c2=O)cccc1-c1cccc(Br)c1Cl. The Kier molecular flexibility index (Phi) is 6.10. The first-order chi connectivity index (χ1) is 13.8. The Hall–Kier alpha value is -2.64. The number of halogens is 2. The van der Waals surface area contributed by atoms with Crippen LogP contribution in [-0.2, 0) is 20.5 Å². The van der Waals surface area contributed by atoms with Crippen molar-refractivity contribution >= 4 is 39.1 Å². The van der Waals surface area contributed by atoms with E-state index < -0.39 is 17.2 Å². The van der Waals surface area contributed by atoms with Crippen molar-refractivity contribution in [3.05, 3.63) is 84.1 Å². The number of rotatable bonds is 4. The average molecular weight is 477 g/mol. The van der Waals surface area contributed by atoms with Crippen LogP contribution in [0.5, 0.6) is 0 Å². The highest BCUT2D eigenvalue weighted by molar-refractivity contribution is 9.10. The molecule has 1 heterocycles. The minimum Gasteiger partial charge on any atom is -0.321 e. The molecule has 0 spiro atoms. The summed E-state index contributed by atoms with van der Waals surface area (Å²) in [6, 6.07) is 11.2. The summed E-state index contributed by atoms with van der Waals surface area (Å²) in [4.78, 5) is 37.0. The van der Waals surface area contributed by atoms with E-state index in [0.29, 0.717) is 17.1 Å². The number of aromatic nitrogens is 2. The third kappa shape index (κ3) is 3.93. The summed E-state index contributed by atoms with van der Waals surface area (Å²) in [7, 11) is 2.83. The molecule has 0 aliphatic heterocycles. The highest BCUT2D eigenvalue weighted by atomic mass is 79.9. The second kappa shape index (κ2) is 8.39. The van der Waals surface area contributed by atoms with Crippen molar-refractivity contribution < 1.29 is 4.79 Å². The lowest BCUT2D eigenvalue weighted by Gasteiger charge is -2.16. The summed E-state index contributed by atoms with van der Waals surface area (Å²) >= 11 is 9.91. The summed E-state index contributed by atoms with van der Waals surface area (Å²) in [5.41, 5.74) is 1.96. The Morgan fingerprint density at radius 1 is 1.10 bits per heavy atom. The maximum absolute atomic E-state index is 12.8. The van der Waals surface area contributed by atoms with E-state index in [2.05, 4.69) is 21.2 Å². The van der Waals surface area contributed by atoms with Gasteiger partial charge in [-0.05, 0) is 45.6 Å². The number of carbonyl (C=O) groups is 1. The molecular weight excluding hydrogens is 458 g/mol. The van der Waals surface area contributed by atoms with Gasteiger partial charge in [-0.25, -0.2) is 4.79 Å². The van der Waals surface area contributed by atoms with Crippen LogP contribution in [0.25, 0.3) is 11.1 Å². The van der Waals surface area contributed by atoms with Gasteiger partial charge >= 0.3 is 5.69 Å². The largest absolute Gasteiger partial charge is 0.330 e. The molecule has 0 saturated heterocycles. The van der Waals surface area contributed by atoms with Gasteiger partial charge in [0.1, 0.15) is 5.56 Å². The van der Waals surface area contributed by atoms with Crippen molar-refractivity contribution in [2.75, 3.05) is 5.32 Å². The molecule has 0 bridgehead atoms. The molecule has 1 aromatic heterocycles. The molecule has 0 atom stereocenters. The number of benzene rings is 2. The van der Waals surface area contributed by atoms with Crippen LogP contribution in [0, 0.1) is 0 Å². The lowest BCUT2D eigenvalue weighted by Crippen LogP contribution is -2.40. The van der Waals surface area contributed by atoms with Gasteiger partial charge in [0.25, 0.3) is 11.5 Å². The van der Waals surface area contributed by atoms with Crippen LogP contribution >= 0.6 is 27.5 Å². The fourth-order valence-corrected chi connectivity index (χ4v) is 3.80. The van der Waals surface area contributed by atoms with Crippen LogP contribution < -0.4 is 16.6 Å². The normalized spacial score (nSPS) is 10.8. The molecule has 3 rings (SSSR count). The van der Waals surface area contributed by atoms with Crippen LogP contribution in [0.4, 0.5) is 5.69 Å². The van der Waals surface area contributed by atoms with Crippen molar-refractivity contribution in [3.63, 3.8) is 0 Å². The van der Waals surface area contributed by atoms with Gasteiger partial charge in [0.2, 0.25) is 0 Å². The van der Waals surface area contributed by atoms with Gasteiger partial charge in [0, 0.05) is 36.0 Å². The molecular formula is C21H19BrClN3O3. The molecule has 6 nitrogen and oxygen atoms in total. The van der Waals surface area contributed by atoms with E-state index in [9.17, 15) is 14.4 Å². The van der Waals surface area contributed by atoms with Gasteiger partial charge in [0.15, 0.2) is 0 Å². The summed E-state index contributed by atoms with van der Waals surface area (Å²) < 4.78 is 2.89. The number of nitrogens with zero attached hydrogens (tertiary/aromatic N) is 2. The van der Waals surface area contributed by atoms with E-state index in [1.165, 1.54) is 24.9 Å². The lowest BCUT2D eigenvalue weighted by atomic mass is 9.96. The highest BCUT2D eigenvalue weighted by Gasteiger charge is 2.18. The molecule has 8 heteroatoms. The van der Waals surface area contributed by atoms with Gasteiger partial charge < -0.3 is 9.88 Å². The molecule has 29 heavy (non-hydrogen) atoms. The van der Waals surface area contributed by atoms with Crippen LogP contribution in [0.3, 0.4) is 0 Å². The Morgan fingerprint density at radius 3 is 2.45 bits per heavy atom. The number of hydrogen-bond acceptors (Lipinski definition) is 3. The van der Waals surface area contributed by atoms with Gasteiger partial charge in [-0.1, -0.05) is 42.8 Å². The minimum atomic E-state index is -0.644. The monoisotopic (exact) mass is 475 g/mol. The van der Waals surface area contributed by atoms with E-state index in [-0.39, 0.29) is 5.56 Å². The van der Waals surface area contributed by atoms with Gasteiger partial charge in [-0.2, -0.15) is 0 Å². The maximum atomic E-state index is 12.8. The predicted molar refractivity (Wildman–Crippen MR) is 119 cm³/mol. The van der Waals surface area contributed by atoms with Crippen molar-refractivity contribution in [2.24, 2.45) is 14.1 Å². The summed E-state index contributed by atoms with van der Waals surface area (Å²) in [6.07, 6.45) is 1.89. The number of carbonyl (C=O) groups excluding carboxylic acids is 1.